The summed E-state index contributed by atoms with van der Waals surface area (Å²) in [5.74, 6) is 3.83. The van der Waals surface area contributed by atoms with E-state index in [9.17, 15) is 44.1 Å². The molecule has 69 heavy (non-hydrogen) atoms. The second-order valence-electron chi connectivity index (χ2n) is 26.9. The van der Waals surface area contributed by atoms with Gasteiger partial charge in [-0.3, -0.25) is 28.8 Å². The number of carbonyl (C=O) groups is 6. The van der Waals surface area contributed by atoms with Gasteiger partial charge in [0.05, 0.1) is 17.8 Å². The van der Waals surface area contributed by atoms with Crippen molar-refractivity contribution >= 4 is 35.6 Å². The minimum Gasteiger partial charge on any atom is -0.481 e. The van der Waals surface area contributed by atoms with Crippen LogP contribution in [0.5, 0.6) is 0 Å². The molecule has 3 amide bonds. The number of carbonyl (C=O) groups excluding carboxylic acids is 3. The van der Waals surface area contributed by atoms with E-state index in [2.05, 4.69) is 63.6 Å². The summed E-state index contributed by atoms with van der Waals surface area (Å²) in [7, 11) is 0. The maximum Gasteiger partial charge on any atom is 0.307 e. The number of carboxylic acids is 3. The molecule has 11 fully saturated rings. The van der Waals surface area contributed by atoms with Crippen LogP contribution in [0.3, 0.4) is 0 Å². The predicted molar refractivity (Wildman–Crippen MR) is 260 cm³/mol. The lowest BCUT2D eigenvalue weighted by molar-refractivity contribution is -0.153. The molecule has 0 aromatic carbocycles. The smallest absolute Gasteiger partial charge is 0.307 e. The van der Waals surface area contributed by atoms with Crippen molar-refractivity contribution in [3.63, 3.8) is 0 Å². The van der Waals surface area contributed by atoms with Gasteiger partial charge in [0, 0.05) is 42.5 Å². The lowest BCUT2D eigenvalue weighted by Gasteiger charge is -2.60. The Kier molecular flexibility index (Phi) is 12.4. The number of amides is 3. The molecular weight excluding hydrogens is 871 g/mol. The SMILES string of the molecule is C[C@]12CCC(=O)NC1=CCC1C2CC[C@@]2(C)C1CC[C@@H]2C(=O)O.C[C@]12CCC3C(CC[C@@H]4NC(=O)CC[C@]34C)C1CC[C@@H]2C(=O)O.C[C@]12CCC3C(CC[C@H]4NC(=O)CC[C@]34C)C1CC[C@@H]2C(=O)O. The van der Waals surface area contributed by atoms with Crippen LogP contribution in [0.1, 0.15) is 189 Å². The zero-order valence-corrected chi connectivity index (χ0v) is 42.7. The summed E-state index contributed by atoms with van der Waals surface area (Å²) in [6, 6.07) is 0.678. The van der Waals surface area contributed by atoms with Crippen molar-refractivity contribution < 1.29 is 44.1 Å². The average Bonchev–Trinajstić information content (AvgIpc) is 3.98. The normalized spacial score (nSPS) is 50.9. The zero-order chi connectivity index (χ0) is 49.2. The van der Waals surface area contributed by atoms with Gasteiger partial charge in [-0.1, -0.05) is 47.6 Å². The molecular formula is C57H85N3O9. The van der Waals surface area contributed by atoms with Gasteiger partial charge in [-0.05, 0) is 209 Å². The first-order chi connectivity index (χ1) is 32.6. The van der Waals surface area contributed by atoms with Crippen molar-refractivity contribution in [1.82, 2.24) is 16.0 Å². The summed E-state index contributed by atoms with van der Waals surface area (Å²) in [4.78, 5) is 70.4. The van der Waals surface area contributed by atoms with Crippen molar-refractivity contribution in [2.75, 3.05) is 0 Å². The third kappa shape index (κ3) is 7.58. The number of hydrogen-bond acceptors (Lipinski definition) is 6. The summed E-state index contributed by atoms with van der Waals surface area (Å²) in [5, 5.41) is 38.5. The molecule has 3 heterocycles. The van der Waals surface area contributed by atoms with Crippen molar-refractivity contribution in [2.24, 2.45) is 104 Å². The van der Waals surface area contributed by atoms with Crippen LogP contribution in [-0.4, -0.2) is 63.0 Å². The second-order valence-corrected chi connectivity index (χ2v) is 26.9. The zero-order valence-electron chi connectivity index (χ0n) is 42.7. The van der Waals surface area contributed by atoms with E-state index < -0.39 is 17.9 Å². The Bertz CT molecular complexity index is 2060. The van der Waals surface area contributed by atoms with Crippen molar-refractivity contribution in [2.45, 2.75) is 201 Å². The van der Waals surface area contributed by atoms with Gasteiger partial charge in [0.25, 0.3) is 0 Å². The molecule has 9 aliphatic carbocycles. The van der Waals surface area contributed by atoms with Crippen LogP contribution in [0.25, 0.3) is 0 Å². The highest BCUT2D eigenvalue weighted by Crippen LogP contribution is 2.68. The Morgan fingerprint density at radius 3 is 1.23 bits per heavy atom. The van der Waals surface area contributed by atoms with E-state index in [1.165, 1.54) is 0 Å². The summed E-state index contributed by atoms with van der Waals surface area (Å²) >= 11 is 0. The fourth-order valence-corrected chi connectivity index (χ4v) is 20.8. The minimum atomic E-state index is -0.600. The molecule has 12 aliphatic rings. The molecule has 3 saturated heterocycles. The maximum atomic E-state index is 11.8. The van der Waals surface area contributed by atoms with Crippen LogP contribution >= 0.6 is 0 Å². The second kappa shape index (κ2) is 17.4. The van der Waals surface area contributed by atoms with Crippen LogP contribution in [0, 0.1) is 104 Å². The van der Waals surface area contributed by atoms with E-state index in [0.29, 0.717) is 84.6 Å². The topological polar surface area (TPSA) is 199 Å². The Labute approximate surface area is 410 Å². The highest BCUT2D eigenvalue weighted by Gasteiger charge is 2.64. The summed E-state index contributed by atoms with van der Waals surface area (Å²) in [5.41, 5.74) is 1.62. The van der Waals surface area contributed by atoms with E-state index in [-0.39, 0.29) is 68.0 Å². The number of nitrogens with one attached hydrogen (secondary N) is 3. The Hall–Kier alpha value is -3.44. The van der Waals surface area contributed by atoms with Crippen LogP contribution < -0.4 is 16.0 Å². The van der Waals surface area contributed by atoms with Gasteiger partial charge in [0.1, 0.15) is 0 Å². The molecule has 6 N–H and O–H groups in total. The molecule has 8 saturated carbocycles. The van der Waals surface area contributed by atoms with E-state index in [0.717, 1.165) is 134 Å². The largest absolute Gasteiger partial charge is 0.481 e. The Balaban J connectivity index is 0.000000120. The van der Waals surface area contributed by atoms with E-state index >= 15 is 0 Å². The fraction of sp³-hybridized carbons (Fsp3) is 0.860. The van der Waals surface area contributed by atoms with E-state index in [1.54, 1.807) is 0 Å². The fourth-order valence-electron chi connectivity index (χ4n) is 20.8. The molecule has 12 heteroatoms. The Morgan fingerprint density at radius 1 is 0.435 bits per heavy atom. The van der Waals surface area contributed by atoms with Crippen molar-refractivity contribution in [3.05, 3.63) is 11.8 Å². The number of rotatable bonds is 3. The first-order valence-corrected chi connectivity index (χ1v) is 27.9. The highest BCUT2D eigenvalue weighted by atomic mass is 16.4. The van der Waals surface area contributed by atoms with Gasteiger partial charge in [-0.15, -0.1) is 0 Å². The van der Waals surface area contributed by atoms with Crippen LogP contribution in [0.15, 0.2) is 11.8 Å². The lowest BCUT2D eigenvalue weighted by atomic mass is 9.47. The van der Waals surface area contributed by atoms with Gasteiger partial charge in [0.15, 0.2) is 0 Å². The highest BCUT2D eigenvalue weighted by molar-refractivity contribution is 5.80. The molecule has 0 aromatic rings. The summed E-state index contributed by atoms with van der Waals surface area (Å²) in [6.07, 6.45) is 24.9. The first kappa shape index (κ1) is 49.2. The monoisotopic (exact) mass is 956 g/mol. The van der Waals surface area contributed by atoms with Gasteiger partial charge >= 0.3 is 17.9 Å². The van der Waals surface area contributed by atoms with E-state index in [4.69, 9.17) is 0 Å². The number of hydrogen-bond donors (Lipinski definition) is 6. The molecule has 20 atom stereocenters. The van der Waals surface area contributed by atoms with Gasteiger partial charge in [-0.2, -0.15) is 0 Å². The molecule has 0 radical (unpaired) electrons. The molecule has 12 nitrogen and oxygen atoms in total. The third-order valence-electron chi connectivity index (χ3n) is 24.7. The van der Waals surface area contributed by atoms with Gasteiger partial charge in [-0.25, -0.2) is 0 Å². The van der Waals surface area contributed by atoms with Crippen molar-refractivity contribution in [1.29, 1.82) is 0 Å². The standard InChI is InChI=1S/2C19H29NO3.C19H27NO3/c3*1-18-9-7-13-11(12(18)4-5-14(18)17(22)23)3-6-15-19(13,2)10-8-16(21)20-15/h2*11-15H,3-10H2,1-2H3,(H,20,21)(H,22,23);6,11-14H,3-5,7-10H2,1-2H3,(H,20,21)(H,22,23)/t11?,12?,13?,14-,15+,18+,19-;11?,12?,13?,14-,15-,18+,19-;11?,12?,13?,14-,18+,19-/m111/s1. The predicted octanol–water partition coefficient (Wildman–Crippen LogP) is 9.75. The third-order valence-corrected chi connectivity index (χ3v) is 24.7. The molecule has 0 bridgehead atoms. The molecule has 3 aliphatic heterocycles. The van der Waals surface area contributed by atoms with Crippen molar-refractivity contribution in [3.8, 4) is 0 Å². The van der Waals surface area contributed by atoms with Crippen LogP contribution in [-0.2, 0) is 28.8 Å². The van der Waals surface area contributed by atoms with E-state index in [1.807, 2.05) is 0 Å². The van der Waals surface area contributed by atoms with Gasteiger partial charge < -0.3 is 31.3 Å². The average molecular weight is 956 g/mol. The number of piperidine rings is 3. The molecule has 12 rings (SSSR count). The first-order valence-electron chi connectivity index (χ1n) is 27.9. The van der Waals surface area contributed by atoms with Crippen LogP contribution in [0.4, 0.5) is 0 Å². The minimum absolute atomic E-state index is 0.00584. The number of carboxylic acid groups (broad SMARTS) is 3. The molecule has 9 unspecified atom stereocenters. The molecule has 0 spiro atoms. The van der Waals surface area contributed by atoms with Crippen LogP contribution in [0.2, 0.25) is 0 Å². The number of aliphatic carboxylic acids is 3. The van der Waals surface area contributed by atoms with Gasteiger partial charge in [0.2, 0.25) is 17.7 Å². The number of allylic oxidation sites excluding steroid dienone is 2. The summed E-state index contributed by atoms with van der Waals surface area (Å²) < 4.78 is 0. The Morgan fingerprint density at radius 2 is 0.812 bits per heavy atom. The lowest BCUT2D eigenvalue weighted by Crippen LogP contribution is -2.61. The number of fused-ring (bicyclic) bond motifs is 15. The quantitative estimate of drug-likeness (QED) is 0.159. The molecule has 382 valence electrons. The molecule has 0 aromatic heterocycles. The maximum absolute atomic E-state index is 11.8. The summed E-state index contributed by atoms with van der Waals surface area (Å²) in [6.45, 7) is 13.8.